The van der Waals surface area contributed by atoms with Crippen LogP contribution in [0.1, 0.15) is 29.9 Å². The Morgan fingerprint density at radius 1 is 1.24 bits per heavy atom. The van der Waals surface area contributed by atoms with Crippen LogP contribution in [-0.2, 0) is 4.74 Å². The van der Waals surface area contributed by atoms with E-state index < -0.39 is 0 Å². The molecular formula is C16H18N2O2S. The molecule has 0 unspecified atom stereocenters. The van der Waals surface area contributed by atoms with Crippen molar-refractivity contribution < 1.29 is 9.53 Å². The number of benzene rings is 1. The molecule has 1 aromatic carbocycles. The number of rotatable bonds is 5. The second kappa shape index (κ2) is 7.22. The van der Waals surface area contributed by atoms with Gasteiger partial charge in [0.05, 0.1) is 17.9 Å². The summed E-state index contributed by atoms with van der Waals surface area (Å²) in [6.45, 7) is 6.03. The van der Waals surface area contributed by atoms with Crippen molar-refractivity contribution in [3.05, 3.63) is 41.7 Å². The maximum Gasteiger partial charge on any atom is 0.341 e. The molecule has 2 rings (SSSR count). The van der Waals surface area contributed by atoms with Crippen LogP contribution in [0.5, 0.6) is 0 Å². The van der Waals surface area contributed by atoms with E-state index in [1.807, 2.05) is 12.1 Å². The standard InChI is InChI=1S/C16H18N2O2S/c1-4-20-16(19)14-10-17-15(18-11(14)3)12-6-8-13(9-7-12)21-5-2/h6-10H,4-5H2,1-3H3. The number of aryl methyl sites for hydroxylation is 1. The highest BCUT2D eigenvalue weighted by Gasteiger charge is 2.13. The van der Waals surface area contributed by atoms with Crippen LogP contribution in [0, 0.1) is 6.92 Å². The zero-order valence-electron chi connectivity index (χ0n) is 12.4. The van der Waals surface area contributed by atoms with Gasteiger partial charge in [0.15, 0.2) is 5.82 Å². The molecule has 0 bridgehead atoms. The van der Waals surface area contributed by atoms with Crippen LogP contribution in [0.4, 0.5) is 0 Å². The maximum absolute atomic E-state index is 11.7. The predicted molar refractivity (Wildman–Crippen MR) is 84.6 cm³/mol. The van der Waals surface area contributed by atoms with Gasteiger partial charge in [-0.3, -0.25) is 0 Å². The average molecular weight is 302 g/mol. The molecule has 0 spiro atoms. The second-order valence-electron chi connectivity index (χ2n) is 4.37. The summed E-state index contributed by atoms with van der Waals surface area (Å²) in [5, 5.41) is 0. The highest BCUT2D eigenvalue weighted by molar-refractivity contribution is 7.99. The van der Waals surface area contributed by atoms with Crippen LogP contribution in [0.15, 0.2) is 35.4 Å². The number of carbonyl (C=O) groups excluding carboxylic acids is 1. The molecule has 0 amide bonds. The van der Waals surface area contributed by atoms with E-state index in [0.717, 1.165) is 11.3 Å². The first kappa shape index (κ1) is 15.5. The largest absolute Gasteiger partial charge is 0.462 e. The van der Waals surface area contributed by atoms with Gasteiger partial charge in [0.2, 0.25) is 0 Å². The Hall–Kier alpha value is -1.88. The summed E-state index contributed by atoms with van der Waals surface area (Å²) in [6.07, 6.45) is 1.53. The molecule has 1 aromatic heterocycles. The van der Waals surface area contributed by atoms with Gasteiger partial charge >= 0.3 is 5.97 Å². The zero-order valence-corrected chi connectivity index (χ0v) is 13.2. The zero-order chi connectivity index (χ0) is 15.2. The average Bonchev–Trinajstić information content (AvgIpc) is 2.48. The first-order chi connectivity index (χ1) is 10.2. The summed E-state index contributed by atoms with van der Waals surface area (Å²) in [4.78, 5) is 21.6. The maximum atomic E-state index is 11.7. The summed E-state index contributed by atoms with van der Waals surface area (Å²) in [7, 11) is 0. The Morgan fingerprint density at radius 3 is 2.52 bits per heavy atom. The van der Waals surface area contributed by atoms with Gasteiger partial charge in [-0.1, -0.05) is 19.1 Å². The monoisotopic (exact) mass is 302 g/mol. The lowest BCUT2D eigenvalue weighted by atomic mass is 10.2. The Kier molecular flexibility index (Phi) is 5.33. The van der Waals surface area contributed by atoms with Crippen LogP contribution in [0.25, 0.3) is 11.4 Å². The van der Waals surface area contributed by atoms with Crippen molar-refractivity contribution in [1.29, 1.82) is 0 Å². The third-order valence-corrected chi connectivity index (χ3v) is 3.79. The van der Waals surface area contributed by atoms with Crippen molar-refractivity contribution in [2.24, 2.45) is 0 Å². The van der Waals surface area contributed by atoms with Gasteiger partial charge in [-0.25, -0.2) is 14.8 Å². The van der Waals surface area contributed by atoms with E-state index in [1.165, 1.54) is 11.1 Å². The topological polar surface area (TPSA) is 52.1 Å². The summed E-state index contributed by atoms with van der Waals surface area (Å²) >= 11 is 1.79. The van der Waals surface area contributed by atoms with Gasteiger partial charge < -0.3 is 4.74 Å². The molecule has 2 aromatic rings. The lowest BCUT2D eigenvalue weighted by Crippen LogP contribution is -2.09. The van der Waals surface area contributed by atoms with E-state index in [9.17, 15) is 4.79 Å². The molecule has 0 aliphatic heterocycles. The lowest BCUT2D eigenvalue weighted by Gasteiger charge is -2.07. The normalized spacial score (nSPS) is 10.4. The molecule has 110 valence electrons. The van der Waals surface area contributed by atoms with Gasteiger partial charge in [-0.2, -0.15) is 0 Å². The molecule has 5 heteroatoms. The van der Waals surface area contributed by atoms with Crippen molar-refractivity contribution >= 4 is 17.7 Å². The third kappa shape index (κ3) is 3.82. The molecular weight excluding hydrogens is 284 g/mol. The van der Waals surface area contributed by atoms with Crippen LogP contribution in [0.2, 0.25) is 0 Å². The van der Waals surface area contributed by atoms with Gasteiger partial charge in [-0.15, -0.1) is 11.8 Å². The molecule has 0 N–H and O–H groups in total. The minimum atomic E-state index is -0.378. The van der Waals surface area contributed by atoms with Crippen molar-refractivity contribution in [2.75, 3.05) is 12.4 Å². The van der Waals surface area contributed by atoms with E-state index >= 15 is 0 Å². The number of esters is 1. The van der Waals surface area contributed by atoms with Crippen LogP contribution >= 0.6 is 11.8 Å². The molecule has 0 atom stereocenters. The smallest absolute Gasteiger partial charge is 0.341 e. The van der Waals surface area contributed by atoms with Crippen LogP contribution in [0.3, 0.4) is 0 Å². The molecule has 4 nitrogen and oxygen atoms in total. The van der Waals surface area contributed by atoms with E-state index in [-0.39, 0.29) is 5.97 Å². The molecule has 1 heterocycles. The third-order valence-electron chi connectivity index (χ3n) is 2.90. The Morgan fingerprint density at radius 2 is 1.95 bits per heavy atom. The Labute approximate surface area is 129 Å². The summed E-state index contributed by atoms with van der Waals surface area (Å²) in [5.41, 5.74) is 1.98. The molecule has 0 saturated heterocycles. The van der Waals surface area contributed by atoms with Crippen molar-refractivity contribution in [3.63, 3.8) is 0 Å². The predicted octanol–water partition coefficient (Wildman–Crippen LogP) is 3.74. The van der Waals surface area contributed by atoms with E-state index in [2.05, 4.69) is 29.0 Å². The number of hydrogen-bond acceptors (Lipinski definition) is 5. The lowest BCUT2D eigenvalue weighted by molar-refractivity contribution is 0.0524. The molecule has 0 aliphatic rings. The number of ether oxygens (including phenoxy) is 1. The molecule has 21 heavy (non-hydrogen) atoms. The fraction of sp³-hybridized carbons (Fsp3) is 0.312. The minimum Gasteiger partial charge on any atom is -0.462 e. The first-order valence-corrected chi connectivity index (χ1v) is 7.88. The first-order valence-electron chi connectivity index (χ1n) is 6.89. The summed E-state index contributed by atoms with van der Waals surface area (Å²) in [6, 6.07) is 8.11. The fourth-order valence-electron chi connectivity index (χ4n) is 1.88. The Balaban J connectivity index is 2.25. The summed E-state index contributed by atoms with van der Waals surface area (Å²) in [5.74, 6) is 1.29. The number of carbonyl (C=O) groups is 1. The SMILES string of the molecule is CCOC(=O)c1cnc(-c2ccc(SCC)cc2)nc1C. The van der Waals surface area contributed by atoms with E-state index in [1.54, 1.807) is 25.6 Å². The second-order valence-corrected chi connectivity index (χ2v) is 5.71. The number of nitrogens with zero attached hydrogens (tertiary/aromatic N) is 2. The summed E-state index contributed by atoms with van der Waals surface area (Å²) < 4.78 is 4.98. The molecule has 0 saturated carbocycles. The number of thioether (sulfide) groups is 1. The quantitative estimate of drug-likeness (QED) is 0.622. The van der Waals surface area contributed by atoms with Crippen molar-refractivity contribution in [2.45, 2.75) is 25.7 Å². The highest BCUT2D eigenvalue weighted by atomic mass is 32.2. The number of aromatic nitrogens is 2. The van der Waals surface area contributed by atoms with E-state index in [4.69, 9.17) is 4.74 Å². The fourth-order valence-corrected chi connectivity index (χ4v) is 2.54. The molecule has 0 radical (unpaired) electrons. The van der Waals surface area contributed by atoms with Crippen molar-refractivity contribution in [1.82, 2.24) is 9.97 Å². The highest BCUT2D eigenvalue weighted by Crippen LogP contribution is 2.22. The molecule has 0 aliphatic carbocycles. The van der Waals surface area contributed by atoms with Crippen molar-refractivity contribution in [3.8, 4) is 11.4 Å². The van der Waals surface area contributed by atoms with Crippen LogP contribution in [-0.4, -0.2) is 28.3 Å². The van der Waals surface area contributed by atoms with Gasteiger partial charge in [0.1, 0.15) is 0 Å². The number of hydrogen-bond donors (Lipinski definition) is 0. The molecule has 0 fully saturated rings. The minimum absolute atomic E-state index is 0.344. The van der Waals surface area contributed by atoms with Gasteiger partial charge in [0, 0.05) is 16.7 Å². The van der Waals surface area contributed by atoms with Crippen LogP contribution < -0.4 is 0 Å². The van der Waals surface area contributed by atoms with Gasteiger partial charge in [0.25, 0.3) is 0 Å². The van der Waals surface area contributed by atoms with Gasteiger partial charge in [-0.05, 0) is 31.7 Å². The Bertz CT molecular complexity index is 627. The van der Waals surface area contributed by atoms with E-state index in [0.29, 0.717) is 23.7 Å².